The van der Waals surface area contributed by atoms with E-state index in [4.69, 9.17) is 19.5 Å². The molecule has 65 heavy (non-hydrogen) atoms. The van der Waals surface area contributed by atoms with Crippen LogP contribution in [0.3, 0.4) is 0 Å². The van der Waals surface area contributed by atoms with E-state index >= 15 is 0 Å². The Kier molecular flexibility index (Phi) is 23.8. The Hall–Kier alpha value is -2.70. The Morgan fingerprint density at radius 3 is 2.25 bits per heavy atom. The van der Waals surface area contributed by atoms with Crippen LogP contribution in [0.1, 0.15) is 110 Å². The predicted molar refractivity (Wildman–Crippen MR) is 237 cm³/mol. The minimum absolute atomic E-state index is 0.0329. The highest BCUT2D eigenvalue weighted by molar-refractivity contribution is 8.13. The van der Waals surface area contributed by atoms with E-state index in [9.17, 15) is 57.9 Å². The van der Waals surface area contributed by atoms with Gasteiger partial charge in [-0.1, -0.05) is 89.6 Å². The number of ether oxygens (including phenoxy) is 1. The van der Waals surface area contributed by atoms with Crippen molar-refractivity contribution >= 4 is 69.1 Å². The van der Waals surface area contributed by atoms with E-state index < -0.39 is 84.6 Å². The van der Waals surface area contributed by atoms with E-state index in [0.717, 1.165) is 61.1 Å². The van der Waals surface area contributed by atoms with Crippen molar-refractivity contribution in [1.82, 2.24) is 30.2 Å². The number of aromatic nitrogens is 4. The molecule has 2 amide bonds. The molecule has 7 atom stereocenters. The number of nitrogens with two attached hydrogens (primary N) is 1. The largest absolute Gasteiger partial charge is 0.481 e. The lowest BCUT2D eigenvalue weighted by Crippen LogP contribution is -2.46. The molecule has 1 fully saturated rings. The number of unbranched alkanes of at least 4 members (excludes halogenated alkanes) is 9. The minimum atomic E-state index is -5.57. The third-order valence-corrected chi connectivity index (χ3v) is 13.9. The molecule has 1 aliphatic rings. The molecule has 0 aromatic carbocycles. The summed E-state index contributed by atoms with van der Waals surface area (Å²) in [4.78, 5) is 88.3. The van der Waals surface area contributed by atoms with Crippen molar-refractivity contribution in [2.24, 2.45) is 5.41 Å². The summed E-state index contributed by atoms with van der Waals surface area (Å²) < 4.78 is 62.4. The second-order valence-electron chi connectivity index (χ2n) is 15.9. The van der Waals surface area contributed by atoms with E-state index in [2.05, 4.69) is 53.5 Å². The van der Waals surface area contributed by atoms with Gasteiger partial charge in [0.2, 0.25) is 11.8 Å². The molecule has 1 aliphatic heterocycles. The van der Waals surface area contributed by atoms with Crippen LogP contribution in [0.4, 0.5) is 5.82 Å². The number of carbonyl (C=O) groups is 3. The maximum Gasteiger partial charge on any atom is 0.481 e. The van der Waals surface area contributed by atoms with Gasteiger partial charge < -0.3 is 50.9 Å². The number of hydrogen-bond donors (Lipinski definition) is 9. The maximum atomic E-state index is 12.7. The Balaban J connectivity index is 1.33. The van der Waals surface area contributed by atoms with Crippen LogP contribution in [-0.4, -0.2) is 123 Å². The lowest BCUT2D eigenvalue weighted by molar-refractivity contribution is -0.137. The van der Waals surface area contributed by atoms with Crippen LogP contribution in [-0.2, 0) is 50.7 Å². The average molecular weight is 1000 g/mol. The summed E-state index contributed by atoms with van der Waals surface area (Å²) in [6, 6.07) is 0. The summed E-state index contributed by atoms with van der Waals surface area (Å²) in [6.45, 7) is 2.76. The molecule has 3 heterocycles. The van der Waals surface area contributed by atoms with Crippen molar-refractivity contribution in [3.05, 3.63) is 24.8 Å². The molecule has 2 aromatic rings. The first kappa shape index (κ1) is 56.6. The fraction of sp³-hybridized carbons (Fsp3) is 0.730. The Morgan fingerprint density at radius 2 is 1.57 bits per heavy atom. The monoisotopic (exact) mass is 1000 g/mol. The molecule has 2 unspecified atom stereocenters. The van der Waals surface area contributed by atoms with Crippen LogP contribution < -0.4 is 16.4 Å². The fourth-order valence-corrected chi connectivity index (χ4v) is 9.89. The van der Waals surface area contributed by atoms with E-state index in [1.54, 1.807) is 0 Å². The number of rotatable bonds is 32. The van der Waals surface area contributed by atoms with Gasteiger partial charge in [-0.2, -0.15) is 4.31 Å². The molecule has 0 spiro atoms. The van der Waals surface area contributed by atoms with E-state index in [1.807, 2.05) is 0 Å². The number of phosphoric acid groups is 3. The van der Waals surface area contributed by atoms with Crippen LogP contribution in [0.25, 0.3) is 11.2 Å². The van der Waals surface area contributed by atoms with E-state index in [1.165, 1.54) is 52.4 Å². The molecular weight excluding hydrogens is 939 g/mol. The molecule has 3 rings (SSSR count). The number of fused-ring (bicyclic) bond motifs is 1. The van der Waals surface area contributed by atoms with Crippen molar-refractivity contribution < 1.29 is 80.5 Å². The standard InChI is InChI=1S/C37H64N7O17P3S/c1-4-5-6-7-8-9-10-11-12-13-14-15-16-17-28(46)65-21-20-39-27(45)18-19-40-35(49)32(48)37(2,3)23-58-64(55,56)61-63(53,54)57-22-26-31(60-62(50,51)52)30(47)36(59-26)44-25-43-29-33(38)41-24-42-34(29)44/h7-8,24-26,30-32,36,47-48H,4-6,9-23H2,1-3H3,(H,39,45)(H,40,49)(H,53,54)(H,55,56)(H2,38,41,42)(H2,50,51,52)/b8-7-/t26-,30-,31-,32+,36-/m1/s1. The molecular formula is C37H64N7O17P3S. The normalized spacial score (nSPS) is 20.4. The Labute approximate surface area is 381 Å². The highest BCUT2D eigenvalue weighted by Crippen LogP contribution is 2.61. The number of nitrogens with zero attached hydrogens (tertiary/aromatic N) is 4. The molecule has 0 aliphatic carbocycles. The number of nitrogens with one attached hydrogen (secondary N) is 2. The fourth-order valence-electron chi connectivity index (χ4n) is 6.34. The van der Waals surface area contributed by atoms with Crippen molar-refractivity contribution in [2.45, 2.75) is 135 Å². The van der Waals surface area contributed by atoms with Crippen LogP contribution in [0.15, 0.2) is 24.8 Å². The molecule has 0 saturated carbocycles. The summed E-state index contributed by atoms with van der Waals surface area (Å²) >= 11 is 1.15. The number of allylic oxidation sites excluding steroid dienone is 2. The van der Waals surface area contributed by atoms with Crippen molar-refractivity contribution in [3.63, 3.8) is 0 Å². The predicted octanol–water partition coefficient (Wildman–Crippen LogP) is 3.92. The number of phosphoric ester groups is 3. The van der Waals surface area contributed by atoms with Gasteiger partial charge in [-0.05, 0) is 25.7 Å². The van der Waals surface area contributed by atoms with Crippen molar-refractivity contribution in [2.75, 3.05) is 37.8 Å². The molecule has 24 nitrogen and oxygen atoms in total. The number of imidazole rings is 1. The SMILES string of the molecule is CCCC/C=C\CCCCCCCCCC(=O)SCCNC(=O)CCNC(=O)[C@H](O)C(C)(C)COP(=O)(O)OP(=O)(O)OC[C@H]1O[C@@H](n2cnc3c(N)ncnc32)[C@H](O)[C@@H]1OP(=O)(O)O. The van der Waals surface area contributed by atoms with Crippen LogP contribution >= 0.6 is 35.2 Å². The number of aliphatic hydroxyl groups is 2. The Morgan fingerprint density at radius 1 is 0.923 bits per heavy atom. The minimum Gasteiger partial charge on any atom is -0.386 e. The maximum absolute atomic E-state index is 12.7. The first-order chi connectivity index (χ1) is 30.6. The summed E-state index contributed by atoms with van der Waals surface area (Å²) in [5, 5.41) is 26.6. The van der Waals surface area contributed by atoms with Crippen LogP contribution in [0, 0.1) is 5.41 Å². The van der Waals surface area contributed by atoms with Gasteiger partial charge in [0, 0.05) is 37.1 Å². The first-order valence-corrected chi connectivity index (χ1v) is 26.8. The molecule has 0 radical (unpaired) electrons. The number of nitrogen functional groups attached to an aromatic ring is 1. The summed E-state index contributed by atoms with van der Waals surface area (Å²) in [7, 11) is -16.4. The third-order valence-electron chi connectivity index (χ3n) is 9.91. The zero-order valence-electron chi connectivity index (χ0n) is 36.7. The highest BCUT2D eigenvalue weighted by atomic mass is 32.2. The zero-order valence-corrected chi connectivity index (χ0v) is 40.2. The second kappa shape index (κ2) is 27.3. The van der Waals surface area contributed by atoms with Crippen LogP contribution in [0.5, 0.6) is 0 Å². The lowest BCUT2D eigenvalue weighted by Gasteiger charge is -2.30. The quantitative estimate of drug-likeness (QED) is 0.0285. The smallest absolute Gasteiger partial charge is 0.386 e. The Bertz CT molecular complexity index is 2010. The van der Waals surface area contributed by atoms with E-state index in [0.29, 0.717) is 12.2 Å². The van der Waals surface area contributed by atoms with Crippen LogP contribution in [0.2, 0.25) is 0 Å². The van der Waals surface area contributed by atoms with Gasteiger partial charge in [0.05, 0.1) is 19.5 Å². The second-order valence-corrected chi connectivity index (χ2v) is 21.3. The van der Waals surface area contributed by atoms with Gasteiger partial charge in [-0.15, -0.1) is 0 Å². The summed E-state index contributed by atoms with van der Waals surface area (Å²) in [5.74, 6) is -1.03. The van der Waals surface area contributed by atoms with Gasteiger partial charge in [-0.3, -0.25) is 32.5 Å². The number of aliphatic hydroxyl groups excluding tert-OH is 2. The molecule has 28 heteroatoms. The third kappa shape index (κ3) is 20.6. The molecule has 1 saturated heterocycles. The lowest BCUT2D eigenvalue weighted by atomic mass is 9.87. The number of carbonyl (C=O) groups excluding carboxylic acids is 3. The summed E-state index contributed by atoms with van der Waals surface area (Å²) in [5.41, 5.74) is 4.28. The molecule has 10 N–H and O–H groups in total. The number of amides is 2. The molecule has 0 bridgehead atoms. The van der Waals surface area contributed by atoms with Crippen molar-refractivity contribution in [1.29, 1.82) is 0 Å². The number of hydrogen-bond acceptors (Lipinski definition) is 18. The van der Waals surface area contributed by atoms with Crippen molar-refractivity contribution in [3.8, 4) is 0 Å². The van der Waals surface area contributed by atoms with E-state index in [-0.39, 0.29) is 41.6 Å². The van der Waals surface area contributed by atoms with Gasteiger partial charge in [-0.25, -0.2) is 28.6 Å². The number of thioether (sulfide) groups is 1. The van der Waals surface area contributed by atoms with Gasteiger partial charge >= 0.3 is 23.5 Å². The molecule has 370 valence electrons. The van der Waals surface area contributed by atoms with Gasteiger partial charge in [0.1, 0.15) is 36.3 Å². The average Bonchev–Trinajstić information content (AvgIpc) is 3.79. The molecule has 2 aromatic heterocycles. The van der Waals surface area contributed by atoms with Gasteiger partial charge in [0.15, 0.2) is 22.8 Å². The first-order valence-electron chi connectivity index (χ1n) is 21.3. The number of anilines is 1. The summed E-state index contributed by atoms with van der Waals surface area (Å²) in [6.07, 6.45) is 10.6. The topological polar surface area (TPSA) is 364 Å². The zero-order chi connectivity index (χ0) is 48.3. The van der Waals surface area contributed by atoms with Gasteiger partial charge in [0.25, 0.3) is 0 Å². The highest BCUT2D eigenvalue weighted by Gasteiger charge is 2.50.